The Kier molecular flexibility index (Phi) is 8.94. The molecule has 350 valence electrons. The Morgan fingerprint density at radius 3 is 1.43 bits per heavy atom. The topological polar surface area (TPSA) is 37.5 Å². The van der Waals surface area contributed by atoms with Crippen molar-refractivity contribution in [2.45, 2.75) is 16.9 Å². The van der Waals surface area contributed by atoms with Gasteiger partial charge >= 0.3 is 0 Å². The van der Waals surface area contributed by atoms with E-state index in [1.807, 2.05) is 12.1 Å². The van der Waals surface area contributed by atoms with Gasteiger partial charge in [-0.05, 0) is 107 Å². The number of fused-ring (bicyclic) bond motifs is 19. The molecule has 1 N–H and O–H groups in total. The van der Waals surface area contributed by atoms with Crippen LogP contribution in [0.1, 0.15) is 67.2 Å². The minimum atomic E-state index is -0.553. The number of aliphatic imine (C=N–C) groups is 1. The fourth-order valence-electron chi connectivity index (χ4n) is 13.8. The summed E-state index contributed by atoms with van der Waals surface area (Å²) in [6.45, 7) is 0. The molecule has 11 aromatic carbocycles. The molecule has 1 unspecified atom stereocenters. The maximum absolute atomic E-state index is 6.46. The van der Waals surface area contributed by atoms with Crippen LogP contribution in [0.5, 0.6) is 0 Å². The highest BCUT2D eigenvalue weighted by molar-refractivity contribution is 6.10. The standard InChI is InChI=1S/C72H46N2O/c1-2-19-47(20-3-1)70-73-66(46-39-37-45(38-40-46)50-27-18-28-56-55-26-9-17-36-68(55)75-69(50)56)44-67(74-70)54-25-5-4-21-49(54)48-41-42-61-57(43-48)53-24-8-12-31-60(53)72(61)64-34-15-13-32-62(64)71(63-33-14-16-35-65(63)72)58-29-10-6-22-51(58)52-23-7-11-30-59(52)71/h1-44,66H,(H,73,74). The van der Waals surface area contributed by atoms with Gasteiger partial charge in [0.2, 0.25) is 0 Å². The quantitative estimate of drug-likeness (QED) is 0.187. The molecule has 12 aromatic rings. The second kappa shape index (κ2) is 16.0. The summed E-state index contributed by atoms with van der Waals surface area (Å²) in [4.78, 5) is 5.45. The monoisotopic (exact) mass is 954 g/mol. The predicted octanol–water partition coefficient (Wildman–Crippen LogP) is 17.1. The van der Waals surface area contributed by atoms with Crippen molar-refractivity contribution in [1.82, 2.24) is 5.32 Å². The molecule has 1 aromatic heterocycles. The van der Waals surface area contributed by atoms with E-state index in [0.29, 0.717) is 0 Å². The van der Waals surface area contributed by atoms with Crippen LogP contribution in [0.15, 0.2) is 276 Å². The van der Waals surface area contributed by atoms with E-state index in [4.69, 9.17) is 9.41 Å². The Morgan fingerprint density at radius 1 is 0.333 bits per heavy atom. The molecule has 16 rings (SSSR count). The molecule has 1 atom stereocenters. The first-order valence-electron chi connectivity index (χ1n) is 26.1. The zero-order chi connectivity index (χ0) is 49.2. The summed E-state index contributed by atoms with van der Waals surface area (Å²) in [5, 5.41) is 6.09. The zero-order valence-electron chi connectivity index (χ0n) is 40.8. The van der Waals surface area contributed by atoms with E-state index in [2.05, 4.69) is 260 Å². The summed E-state index contributed by atoms with van der Waals surface area (Å²) in [5.41, 5.74) is 25.3. The molecule has 4 aliphatic rings. The number of benzene rings is 11. The van der Waals surface area contributed by atoms with Crippen molar-refractivity contribution in [2.75, 3.05) is 0 Å². The Hall–Kier alpha value is -9.57. The van der Waals surface area contributed by atoms with Crippen LogP contribution in [-0.4, -0.2) is 5.84 Å². The van der Waals surface area contributed by atoms with Gasteiger partial charge < -0.3 is 9.73 Å². The van der Waals surface area contributed by atoms with E-state index >= 15 is 0 Å². The molecule has 2 heterocycles. The average molecular weight is 955 g/mol. The van der Waals surface area contributed by atoms with E-state index in [0.717, 1.165) is 72.4 Å². The smallest absolute Gasteiger partial charge is 0.143 e. The summed E-state index contributed by atoms with van der Waals surface area (Å²) in [6, 6.07) is 96.1. The fraction of sp³-hybridized carbons (Fsp3) is 0.0417. The van der Waals surface area contributed by atoms with Crippen molar-refractivity contribution in [3.8, 4) is 44.5 Å². The Balaban J connectivity index is 0.843. The van der Waals surface area contributed by atoms with Gasteiger partial charge in [0.15, 0.2) is 0 Å². The summed E-state index contributed by atoms with van der Waals surface area (Å²) < 4.78 is 6.46. The van der Waals surface area contributed by atoms with Gasteiger partial charge in [-0.2, -0.15) is 0 Å². The molecular weight excluding hydrogens is 909 g/mol. The number of para-hydroxylation sites is 2. The van der Waals surface area contributed by atoms with Gasteiger partial charge in [-0.1, -0.05) is 249 Å². The minimum absolute atomic E-state index is 0.142. The molecule has 3 nitrogen and oxygen atoms in total. The number of hydrogen-bond acceptors (Lipinski definition) is 3. The summed E-state index contributed by atoms with van der Waals surface area (Å²) in [5.74, 6) is 0.841. The third kappa shape index (κ3) is 5.78. The van der Waals surface area contributed by atoms with Crippen LogP contribution in [0.25, 0.3) is 72.1 Å². The lowest BCUT2D eigenvalue weighted by Gasteiger charge is -2.48. The number of rotatable bonds is 5. The van der Waals surface area contributed by atoms with Crippen LogP contribution >= 0.6 is 0 Å². The van der Waals surface area contributed by atoms with Crippen molar-refractivity contribution >= 4 is 33.5 Å². The number of nitrogens with one attached hydrogen (secondary N) is 1. The van der Waals surface area contributed by atoms with Crippen LogP contribution in [0.4, 0.5) is 0 Å². The lowest BCUT2D eigenvalue weighted by atomic mass is 9.52. The first-order valence-corrected chi connectivity index (χ1v) is 26.1. The van der Waals surface area contributed by atoms with Gasteiger partial charge in [-0.15, -0.1) is 0 Å². The van der Waals surface area contributed by atoms with Gasteiger partial charge in [-0.25, -0.2) is 4.99 Å². The van der Waals surface area contributed by atoms with Gasteiger partial charge in [0, 0.05) is 27.5 Å². The highest BCUT2D eigenvalue weighted by Crippen LogP contribution is 2.67. The number of nitrogens with zero attached hydrogens (tertiary/aromatic N) is 1. The number of furan rings is 1. The van der Waals surface area contributed by atoms with Gasteiger partial charge in [0.1, 0.15) is 17.0 Å². The Morgan fingerprint density at radius 2 is 0.800 bits per heavy atom. The largest absolute Gasteiger partial charge is 0.455 e. The molecule has 0 saturated carbocycles. The van der Waals surface area contributed by atoms with Crippen molar-refractivity contribution in [2.24, 2.45) is 4.99 Å². The Labute approximate surface area is 435 Å². The predicted molar refractivity (Wildman–Crippen MR) is 306 cm³/mol. The minimum Gasteiger partial charge on any atom is -0.455 e. The molecule has 0 amide bonds. The Bertz CT molecular complexity index is 4310. The van der Waals surface area contributed by atoms with Gasteiger partial charge in [0.25, 0.3) is 0 Å². The maximum Gasteiger partial charge on any atom is 0.143 e. The second-order valence-corrected chi connectivity index (χ2v) is 20.4. The number of hydrogen-bond donors (Lipinski definition) is 1. The highest BCUT2D eigenvalue weighted by atomic mass is 16.3. The van der Waals surface area contributed by atoms with Crippen LogP contribution < -0.4 is 5.32 Å². The van der Waals surface area contributed by atoms with Gasteiger partial charge in [-0.3, -0.25) is 0 Å². The van der Waals surface area contributed by atoms with Crippen molar-refractivity contribution < 1.29 is 4.42 Å². The van der Waals surface area contributed by atoms with Crippen LogP contribution in [0.3, 0.4) is 0 Å². The lowest BCUT2D eigenvalue weighted by molar-refractivity contribution is 0.633. The van der Waals surface area contributed by atoms with E-state index in [1.165, 1.54) is 66.8 Å². The van der Waals surface area contributed by atoms with E-state index in [9.17, 15) is 0 Å². The van der Waals surface area contributed by atoms with E-state index < -0.39 is 10.8 Å². The molecule has 0 bridgehead atoms. The summed E-state index contributed by atoms with van der Waals surface area (Å²) in [7, 11) is 0. The molecule has 0 radical (unpaired) electrons. The van der Waals surface area contributed by atoms with Crippen molar-refractivity contribution in [3.63, 3.8) is 0 Å². The molecular formula is C72H46N2O. The SMILES string of the molecule is C1=C(c2ccccc2-c2ccc3c(c2)-c2ccccc2C32c3ccccc3C3(c4ccccc4-c4ccccc43)c3ccccc32)N=C(c2ccccc2)NC1c1ccc(-c2cccc3c2oc2ccccc23)cc1. The van der Waals surface area contributed by atoms with Crippen LogP contribution in [-0.2, 0) is 10.8 Å². The molecule has 0 saturated heterocycles. The third-order valence-electron chi connectivity index (χ3n) is 16.9. The van der Waals surface area contributed by atoms with Crippen molar-refractivity contribution in [3.05, 3.63) is 328 Å². The first kappa shape index (κ1) is 42.0. The molecule has 75 heavy (non-hydrogen) atoms. The highest BCUT2D eigenvalue weighted by Gasteiger charge is 2.58. The first-order chi connectivity index (χ1) is 37.2. The molecule has 3 heteroatoms. The molecule has 0 fully saturated rings. The second-order valence-electron chi connectivity index (χ2n) is 20.4. The summed E-state index contributed by atoms with van der Waals surface area (Å²) in [6.07, 6.45) is 2.29. The molecule has 2 spiro atoms. The maximum atomic E-state index is 6.46. The van der Waals surface area contributed by atoms with Crippen LogP contribution in [0.2, 0.25) is 0 Å². The lowest BCUT2D eigenvalue weighted by Crippen LogP contribution is -2.43. The normalized spacial score (nSPS) is 15.8. The van der Waals surface area contributed by atoms with Gasteiger partial charge in [0.05, 0.1) is 22.6 Å². The van der Waals surface area contributed by atoms with Crippen molar-refractivity contribution in [1.29, 1.82) is 0 Å². The van der Waals surface area contributed by atoms with Crippen LogP contribution in [0, 0.1) is 0 Å². The average Bonchev–Trinajstić information content (AvgIpc) is 4.12. The number of amidine groups is 1. The third-order valence-corrected chi connectivity index (χ3v) is 16.9. The molecule has 1 aliphatic heterocycles. The van der Waals surface area contributed by atoms with E-state index in [-0.39, 0.29) is 6.04 Å². The fourth-order valence-corrected chi connectivity index (χ4v) is 13.8. The molecule has 3 aliphatic carbocycles. The zero-order valence-corrected chi connectivity index (χ0v) is 40.8. The van der Waals surface area contributed by atoms with E-state index in [1.54, 1.807) is 0 Å². The summed E-state index contributed by atoms with van der Waals surface area (Å²) >= 11 is 0.